The average Bonchev–Trinajstić information content (AvgIpc) is 3.28. The predicted octanol–water partition coefficient (Wildman–Crippen LogP) is 4.44. The number of aryl methyl sites for hydroxylation is 2. The van der Waals surface area contributed by atoms with Crippen LogP contribution in [-0.2, 0) is 11.3 Å². The van der Waals surface area contributed by atoms with Crippen molar-refractivity contribution in [2.45, 2.75) is 32.7 Å². The number of aliphatic carboxylic acids is 1. The van der Waals surface area contributed by atoms with Gasteiger partial charge in [0, 0.05) is 35.4 Å². The van der Waals surface area contributed by atoms with Gasteiger partial charge in [-0.2, -0.15) is 0 Å². The molecule has 0 radical (unpaired) electrons. The first-order chi connectivity index (χ1) is 16.4. The van der Waals surface area contributed by atoms with Gasteiger partial charge in [-0.05, 0) is 42.7 Å². The standard InChI is InChI=1S/C26H25N5O3/c1-17-5-3-4-6-22(17)23(14-24(29-34)21-11-12-27-18(2)13-21)19-7-9-20(10-8-19)25-15-31(30-28-25)16-26(32)33/h3-13,15,23,34H,14,16H2,1-2H3,(H,32,33)/b29-24-. The second kappa shape index (κ2) is 10.1. The van der Waals surface area contributed by atoms with Crippen molar-refractivity contribution in [2.24, 2.45) is 5.16 Å². The lowest BCUT2D eigenvalue weighted by atomic mass is 9.83. The van der Waals surface area contributed by atoms with Crippen LogP contribution >= 0.6 is 0 Å². The Kier molecular flexibility index (Phi) is 6.77. The first kappa shape index (κ1) is 22.8. The Morgan fingerprint density at radius 1 is 1.09 bits per heavy atom. The second-order valence-corrected chi connectivity index (χ2v) is 8.16. The number of pyridine rings is 1. The molecule has 2 N–H and O–H groups in total. The molecule has 2 aromatic carbocycles. The van der Waals surface area contributed by atoms with E-state index in [9.17, 15) is 10.0 Å². The van der Waals surface area contributed by atoms with E-state index in [0.717, 1.165) is 33.5 Å². The zero-order valence-electron chi connectivity index (χ0n) is 19.0. The van der Waals surface area contributed by atoms with Gasteiger partial charge in [0.2, 0.25) is 0 Å². The van der Waals surface area contributed by atoms with Crippen LogP contribution in [0.1, 0.15) is 40.3 Å². The van der Waals surface area contributed by atoms with Gasteiger partial charge in [0.05, 0.1) is 11.9 Å². The van der Waals surface area contributed by atoms with Crippen LogP contribution in [0.4, 0.5) is 0 Å². The van der Waals surface area contributed by atoms with Gasteiger partial charge in [-0.25, -0.2) is 4.68 Å². The summed E-state index contributed by atoms with van der Waals surface area (Å²) in [5, 5.41) is 30.4. The Bertz CT molecular complexity index is 1330. The fourth-order valence-electron chi connectivity index (χ4n) is 4.05. The van der Waals surface area contributed by atoms with Crippen molar-refractivity contribution in [3.8, 4) is 11.3 Å². The van der Waals surface area contributed by atoms with Crippen molar-refractivity contribution in [1.82, 2.24) is 20.0 Å². The quantitative estimate of drug-likeness (QED) is 0.231. The average molecular weight is 456 g/mol. The molecule has 1 atom stereocenters. The fraction of sp³-hybridized carbons (Fsp3) is 0.192. The van der Waals surface area contributed by atoms with E-state index >= 15 is 0 Å². The third-order valence-corrected chi connectivity index (χ3v) is 5.76. The number of carbonyl (C=O) groups is 1. The van der Waals surface area contributed by atoms with Crippen LogP contribution < -0.4 is 0 Å². The van der Waals surface area contributed by atoms with E-state index in [1.165, 1.54) is 4.68 Å². The molecule has 8 nitrogen and oxygen atoms in total. The summed E-state index contributed by atoms with van der Waals surface area (Å²) in [6, 6.07) is 19.9. The molecule has 0 aliphatic rings. The molecule has 0 aliphatic carbocycles. The summed E-state index contributed by atoms with van der Waals surface area (Å²) in [7, 11) is 0. The molecule has 0 fully saturated rings. The minimum atomic E-state index is -0.974. The molecule has 0 amide bonds. The first-order valence-corrected chi connectivity index (χ1v) is 10.9. The summed E-state index contributed by atoms with van der Waals surface area (Å²) >= 11 is 0. The van der Waals surface area contributed by atoms with Gasteiger partial charge in [-0.15, -0.1) is 5.10 Å². The Balaban J connectivity index is 1.67. The zero-order valence-corrected chi connectivity index (χ0v) is 19.0. The summed E-state index contributed by atoms with van der Waals surface area (Å²) in [5.41, 5.74) is 7.06. The van der Waals surface area contributed by atoms with E-state index in [1.54, 1.807) is 12.4 Å². The van der Waals surface area contributed by atoms with Gasteiger partial charge in [-0.1, -0.05) is 58.9 Å². The zero-order chi connectivity index (χ0) is 24.1. The van der Waals surface area contributed by atoms with Crippen LogP contribution in [0.5, 0.6) is 0 Å². The molecule has 2 aromatic heterocycles. The fourth-order valence-corrected chi connectivity index (χ4v) is 4.05. The Hall–Kier alpha value is -4.33. The molecule has 0 aliphatic heterocycles. The Morgan fingerprint density at radius 2 is 1.85 bits per heavy atom. The lowest BCUT2D eigenvalue weighted by molar-refractivity contribution is -0.137. The van der Waals surface area contributed by atoms with E-state index in [0.29, 0.717) is 17.8 Å². The number of oxime groups is 1. The lowest BCUT2D eigenvalue weighted by Gasteiger charge is -2.21. The number of carboxylic acids is 1. The first-order valence-electron chi connectivity index (χ1n) is 10.9. The van der Waals surface area contributed by atoms with Crippen molar-refractivity contribution in [1.29, 1.82) is 0 Å². The van der Waals surface area contributed by atoms with Crippen molar-refractivity contribution in [3.05, 3.63) is 101 Å². The highest BCUT2D eigenvalue weighted by molar-refractivity contribution is 6.01. The largest absolute Gasteiger partial charge is 0.480 e. The number of hydrogen-bond donors (Lipinski definition) is 2. The van der Waals surface area contributed by atoms with E-state index in [2.05, 4.69) is 39.5 Å². The van der Waals surface area contributed by atoms with Gasteiger partial charge in [0.25, 0.3) is 0 Å². The predicted molar refractivity (Wildman–Crippen MR) is 128 cm³/mol. The van der Waals surface area contributed by atoms with Gasteiger partial charge in [0.15, 0.2) is 0 Å². The molecular formula is C26H25N5O3. The Morgan fingerprint density at radius 3 is 2.53 bits per heavy atom. The lowest BCUT2D eigenvalue weighted by Crippen LogP contribution is -2.12. The highest BCUT2D eigenvalue weighted by Gasteiger charge is 2.21. The molecule has 172 valence electrons. The SMILES string of the molecule is Cc1cc(/C(CC(c2ccc(-c3cn(CC(=O)O)nn3)cc2)c2ccccc2C)=N\O)ccn1. The van der Waals surface area contributed by atoms with Gasteiger partial charge in [-0.3, -0.25) is 9.78 Å². The smallest absolute Gasteiger partial charge is 0.325 e. The maximum Gasteiger partial charge on any atom is 0.325 e. The molecule has 0 saturated heterocycles. The van der Waals surface area contributed by atoms with Crippen molar-refractivity contribution < 1.29 is 15.1 Å². The van der Waals surface area contributed by atoms with Crippen LogP contribution in [0.3, 0.4) is 0 Å². The number of nitrogens with zero attached hydrogens (tertiary/aromatic N) is 5. The second-order valence-electron chi connectivity index (χ2n) is 8.16. The maximum absolute atomic E-state index is 10.9. The molecule has 0 bridgehead atoms. The molecule has 4 aromatic rings. The summed E-state index contributed by atoms with van der Waals surface area (Å²) < 4.78 is 1.29. The van der Waals surface area contributed by atoms with E-state index < -0.39 is 5.97 Å². The molecule has 4 rings (SSSR count). The molecule has 0 spiro atoms. The molecule has 0 saturated carbocycles. The maximum atomic E-state index is 10.9. The number of benzene rings is 2. The highest BCUT2D eigenvalue weighted by Crippen LogP contribution is 2.33. The number of carboxylic acid groups (broad SMARTS) is 1. The number of hydrogen-bond acceptors (Lipinski definition) is 6. The van der Waals surface area contributed by atoms with Crippen molar-refractivity contribution in [2.75, 3.05) is 0 Å². The van der Waals surface area contributed by atoms with Crippen LogP contribution in [-0.4, -0.2) is 42.0 Å². The monoisotopic (exact) mass is 455 g/mol. The highest BCUT2D eigenvalue weighted by atomic mass is 16.4. The van der Waals surface area contributed by atoms with Crippen LogP contribution in [0, 0.1) is 13.8 Å². The van der Waals surface area contributed by atoms with Crippen molar-refractivity contribution >= 4 is 11.7 Å². The molecular weight excluding hydrogens is 430 g/mol. The van der Waals surface area contributed by atoms with Crippen molar-refractivity contribution in [3.63, 3.8) is 0 Å². The van der Waals surface area contributed by atoms with Crippen LogP contribution in [0.25, 0.3) is 11.3 Å². The summed E-state index contributed by atoms with van der Waals surface area (Å²) in [5.74, 6) is -1.02. The third kappa shape index (κ3) is 5.17. The number of aromatic nitrogens is 4. The minimum absolute atomic E-state index is 0.0442. The van der Waals surface area contributed by atoms with Crippen LogP contribution in [0.15, 0.2) is 78.2 Å². The topological polar surface area (TPSA) is 113 Å². The molecule has 34 heavy (non-hydrogen) atoms. The van der Waals surface area contributed by atoms with Gasteiger partial charge < -0.3 is 10.3 Å². The van der Waals surface area contributed by atoms with E-state index in [1.807, 2.05) is 55.5 Å². The molecule has 8 heteroatoms. The molecule has 1 unspecified atom stereocenters. The minimum Gasteiger partial charge on any atom is -0.480 e. The summed E-state index contributed by atoms with van der Waals surface area (Å²) in [6.07, 6.45) is 3.83. The Labute approximate surface area is 197 Å². The van der Waals surface area contributed by atoms with E-state index in [-0.39, 0.29) is 12.5 Å². The summed E-state index contributed by atoms with van der Waals surface area (Å²) in [6.45, 7) is 3.74. The van der Waals surface area contributed by atoms with Gasteiger partial charge in [0.1, 0.15) is 12.2 Å². The molecule has 2 heterocycles. The van der Waals surface area contributed by atoms with Crippen LogP contribution in [0.2, 0.25) is 0 Å². The number of rotatable bonds is 8. The summed E-state index contributed by atoms with van der Waals surface area (Å²) in [4.78, 5) is 15.2. The van der Waals surface area contributed by atoms with E-state index in [4.69, 9.17) is 5.11 Å². The normalized spacial score (nSPS) is 12.5. The van der Waals surface area contributed by atoms with Gasteiger partial charge >= 0.3 is 5.97 Å². The third-order valence-electron chi connectivity index (χ3n) is 5.76.